The van der Waals surface area contributed by atoms with Crippen LogP contribution in [0.25, 0.3) is 0 Å². The zero-order valence-electron chi connectivity index (χ0n) is 10.2. The summed E-state index contributed by atoms with van der Waals surface area (Å²) in [7, 11) is 0. The van der Waals surface area contributed by atoms with Gasteiger partial charge in [0.05, 0.1) is 6.42 Å². The van der Waals surface area contributed by atoms with E-state index in [-0.39, 0.29) is 6.42 Å². The van der Waals surface area contributed by atoms with Crippen LogP contribution in [-0.2, 0) is 11.2 Å². The van der Waals surface area contributed by atoms with Crippen LogP contribution in [0.15, 0.2) is 24.3 Å². The molecule has 0 spiro atoms. The van der Waals surface area contributed by atoms with Gasteiger partial charge in [-0.05, 0) is 30.5 Å². The molecule has 0 fully saturated rings. The lowest BCUT2D eigenvalue weighted by Crippen LogP contribution is -2.29. The summed E-state index contributed by atoms with van der Waals surface area (Å²) in [5, 5.41) is 8.77. The summed E-state index contributed by atoms with van der Waals surface area (Å²) >= 11 is 0. The van der Waals surface area contributed by atoms with Crippen LogP contribution >= 0.6 is 0 Å². The summed E-state index contributed by atoms with van der Waals surface area (Å²) in [4.78, 5) is 12.9. The van der Waals surface area contributed by atoms with Gasteiger partial charge in [-0.15, -0.1) is 0 Å². The van der Waals surface area contributed by atoms with Crippen molar-refractivity contribution in [2.45, 2.75) is 32.2 Å². The molecule has 17 heavy (non-hydrogen) atoms. The van der Waals surface area contributed by atoms with E-state index in [2.05, 4.69) is 36.1 Å². The van der Waals surface area contributed by atoms with Crippen molar-refractivity contribution >= 4 is 5.97 Å². The van der Waals surface area contributed by atoms with Gasteiger partial charge in [0.15, 0.2) is 0 Å². The molecule has 0 aromatic heterocycles. The highest BCUT2D eigenvalue weighted by atomic mass is 16.4. The van der Waals surface area contributed by atoms with E-state index in [1.165, 1.54) is 11.1 Å². The highest BCUT2D eigenvalue weighted by molar-refractivity contribution is 5.66. The number of benzene rings is 1. The average Bonchev–Trinajstić information content (AvgIpc) is 2.74. The van der Waals surface area contributed by atoms with Crippen LogP contribution in [0.2, 0.25) is 0 Å². The third kappa shape index (κ3) is 2.67. The largest absolute Gasteiger partial charge is 0.481 e. The molecule has 1 aliphatic carbocycles. The maximum Gasteiger partial charge on any atom is 0.304 e. The molecule has 0 bridgehead atoms. The zero-order valence-corrected chi connectivity index (χ0v) is 10.2. The van der Waals surface area contributed by atoms with E-state index >= 15 is 0 Å². The Kier molecular flexibility index (Phi) is 3.79. The molecule has 1 N–H and O–H groups in total. The van der Waals surface area contributed by atoms with E-state index in [4.69, 9.17) is 5.11 Å². The van der Waals surface area contributed by atoms with Crippen LogP contribution < -0.4 is 0 Å². The predicted molar refractivity (Wildman–Crippen MR) is 67.0 cm³/mol. The number of carboxylic acid groups (broad SMARTS) is 1. The molecule has 1 aromatic rings. The molecule has 1 aliphatic rings. The van der Waals surface area contributed by atoms with E-state index in [0.29, 0.717) is 12.6 Å². The van der Waals surface area contributed by atoms with Gasteiger partial charge in [-0.1, -0.05) is 31.2 Å². The molecule has 92 valence electrons. The second-order valence-electron chi connectivity index (χ2n) is 4.53. The quantitative estimate of drug-likeness (QED) is 0.849. The highest BCUT2D eigenvalue weighted by Crippen LogP contribution is 2.35. The van der Waals surface area contributed by atoms with Crippen LogP contribution in [0.5, 0.6) is 0 Å². The topological polar surface area (TPSA) is 40.5 Å². The number of hydrogen-bond donors (Lipinski definition) is 1. The standard InChI is InChI=1S/C14H19NO2/c1-2-15(10-9-14(16)17)13-8-7-11-5-3-4-6-12(11)13/h3-6,13H,2,7-10H2,1H3,(H,16,17). The number of fused-ring (bicyclic) bond motifs is 1. The van der Waals surface area contributed by atoms with E-state index < -0.39 is 5.97 Å². The minimum atomic E-state index is -0.713. The fraction of sp³-hybridized carbons (Fsp3) is 0.500. The van der Waals surface area contributed by atoms with Crippen molar-refractivity contribution in [2.24, 2.45) is 0 Å². The van der Waals surface area contributed by atoms with E-state index in [0.717, 1.165) is 19.4 Å². The van der Waals surface area contributed by atoms with Gasteiger partial charge >= 0.3 is 5.97 Å². The second kappa shape index (κ2) is 5.32. The molecule has 0 radical (unpaired) electrons. The number of aliphatic carboxylic acids is 1. The van der Waals surface area contributed by atoms with Crippen LogP contribution in [0.4, 0.5) is 0 Å². The Labute approximate surface area is 102 Å². The number of aryl methyl sites for hydroxylation is 1. The first-order valence-corrected chi connectivity index (χ1v) is 6.26. The third-order valence-electron chi connectivity index (χ3n) is 3.56. The molecule has 2 rings (SSSR count). The molecule has 3 heteroatoms. The van der Waals surface area contributed by atoms with Gasteiger partial charge in [0, 0.05) is 12.6 Å². The highest BCUT2D eigenvalue weighted by Gasteiger charge is 2.26. The minimum absolute atomic E-state index is 0.229. The predicted octanol–water partition coefficient (Wildman–Crippen LogP) is 2.47. The molecule has 3 nitrogen and oxygen atoms in total. The molecule has 1 aromatic carbocycles. The summed E-state index contributed by atoms with van der Waals surface area (Å²) < 4.78 is 0. The summed E-state index contributed by atoms with van der Waals surface area (Å²) in [6.07, 6.45) is 2.46. The van der Waals surface area contributed by atoms with Gasteiger partial charge in [0.2, 0.25) is 0 Å². The van der Waals surface area contributed by atoms with Crippen molar-refractivity contribution in [1.29, 1.82) is 0 Å². The maximum absolute atomic E-state index is 10.7. The summed E-state index contributed by atoms with van der Waals surface area (Å²) in [5.41, 5.74) is 2.81. The van der Waals surface area contributed by atoms with E-state index in [9.17, 15) is 4.79 Å². The number of hydrogen-bond acceptors (Lipinski definition) is 2. The number of rotatable bonds is 5. The Hall–Kier alpha value is -1.35. The fourth-order valence-electron chi connectivity index (χ4n) is 2.69. The monoisotopic (exact) mass is 233 g/mol. The molecule has 0 saturated heterocycles. The summed E-state index contributed by atoms with van der Waals surface area (Å²) in [6.45, 7) is 3.65. The lowest BCUT2D eigenvalue weighted by molar-refractivity contribution is -0.137. The van der Waals surface area contributed by atoms with Crippen LogP contribution in [0.3, 0.4) is 0 Å². The van der Waals surface area contributed by atoms with Crippen molar-refractivity contribution in [1.82, 2.24) is 4.90 Å². The molecule has 0 aliphatic heterocycles. The fourth-order valence-corrected chi connectivity index (χ4v) is 2.69. The van der Waals surface area contributed by atoms with Gasteiger partial charge in [0.25, 0.3) is 0 Å². The Morgan fingerprint density at radius 1 is 1.47 bits per heavy atom. The first-order chi connectivity index (χ1) is 8.22. The van der Waals surface area contributed by atoms with Crippen LogP contribution in [-0.4, -0.2) is 29.1 Å². The number of carboxylic acids is 1. The minimum Gasteiger partial charge on any atom is -0.481 e. The number of nitrogens with zero attached hydrogens (tertiary/aromatic N) is 1. The normalized spacial score (nSPS) is 18.4. The van der Waals surface area contributed by atoms with E-state index in [1.807, 2.05) is 0 Å². The first-order valence-electron chi connectivity index (χ1n) is 6.26. The Bertz CT molecular complexity index is 403. The molecule has 0 amide bonds. The number of carbonyl (C=O) groups is 1. The average molecular weight is 233 g/mol. The molecule has 1 unspecified atom stereocenters. The Morgan fingerprint density at radius 3 is 2.94 bits per heavy atom. The van der Waals surface area contributed by atoms with Crippen LogP contribution in [0.1, 0.15) is 36.9 Å². The third-order valence-corrected chi connectivity index (χ3v) is 3.56. The van der Waals surface area contributed by atoms with Gasteiger partial charge in [-0.2, -0.15) is 0 Å². The van der Waals surface area contributed by atoms with Crippen molar-refractivity contribution in [2.75, 3.05) is 13.1 Å². The molecule has 1 atom stereocenters. The van der Waals surface area contributed by atoms with Crippen molar-refractivity contribution < 1.29 is 9.90 Å². The van der Waals surface area contributed by atoms with Gasteiger partial charge in [0.1, 0.15) is 0 Å². The summed E-state index contributed by atoms with van der Waals surface area (Å²) in [6, 6.07) is 8.92. The van der Waals surface area contributed by atoms with Crippen LogP contribution in [0, 0.1) is 0 Å². The van der Waals surface area contributed by atoms with Crippen molar-refractivity contribution in [3.05, 3.63) is 35.4 Å². The molecule has 0 heterocycles. The van der Waals surface area contributed by atoms with Gasteiger partial charge in [-0.25, -0.2) is 0 Å². The SMILES string of the molecule is CCN(CCC(=O)O)C1CCc2ccccc21. The lowest BCUT2D eigenvalue weighted by atomic mass is 10.1. The van der Waals surface area contributed by atoms with Gasteiger partial charge in [-0.3, -0.25) is 9.69 Å². The van der Waals surface area contributed by atoms with Crippen molar-refractivity contribution in [3.8, 4) is 0 Å². The molecule has 0 saturated carbocycles. The zero-order chi connectivity index (χ0) is 12.3. The maximum atomic E-state index is 10.7. The van der Waals surface area contributed by atoms with Gasteiger partial charge < -0.3 is 5.11 Å². The lowest BCUT2D eigenvalue weighted by Gasteiger charge is -2.27. The molecular weight excluding hydrogens is 214 g/mol. The van der Waals surface area contributed by atoms with Crippen molar-refractivity contribution in [3.63, 3.8) is 0 Å². The molecular formula is C14H19NO2. The van der Waals surface area contributed by atoms with E-state index in [1.54, 1.807) is 0 Å². The Balaban J connectivity index is 2.09. The Morgan fingerprint density at radius 2 is 2.24 bits per heavy atom. The first kappa shape index (κ1) is 12.1. The smallest absolute Gasteiger partial charge is 0.304 e. The summed E-state index contributed by atoms with van der Waals surface area (Å²) in [5.74, 6) is -0.713. The second-order valence-corrected chi connectivity index (χ2v) is 4.53.